The molecule has 2 heterocycles. The predicted molar refractivity (Wildman–Crippen MR) is 201 cm³/mol. The molecule has 0 aliphatic carbocycles. The van der Waals surface area contributed by atoms with Crippen molar-refractivity contribution in [2.45, 2.75) is 0 Å². The van der Waals surface area contributed by atoms with E-state index in [1.807, 2.05) is 127 Å². The molecular weight excluding hydrogens is 597 g/mol. The smallest absolute Gasteiger partial charge is 0.166 e. The highest BCUT2D eigenvalue weighted by atomic mass is 15.1. The van der Waals surface area contributed by atoms with Gasteiger partial charge >= 0.3 is 0 Å². The predicted octanol–water partition coefficient (Wildman–Crippen LogP) is 11.3. The van der Waals surface area contributed by atoms with Crippen molar-refractivity contribution in [1.82, 2.24) is 19.5 Å². The van der Waals surface area contributed by atoms with Crippen molar-refractivity contribution in [1.29, 1.82) is 0 Å². The van der Waals surface area contributed by atoms with Gasteiger partial charge in [0.25, 0.3) is 0 Å². The molecule has 0 bridgehead atoms. The lowest BCUT2D eigenvalue weighted by molar-refractivity contribution is 1.06. The van der Waals surface area contributed by atoms with E-state index in [0.29, 0.717) is 28.5 Å². The number of benzene rings is 7. The van der Waals surface area contributed by atoms with Crippen molar-refractivity contribution in [3.05, 3.63) is 182 Å². The van der Waals surface area contributed by atoms with Crippen LogP contribution < -0.4 is 0 Å². The first-order valence-corrected chi connectivity index (χ1v) is 15.8. The van der Waals surface area contributed by atoms with Crippen LogP contribution in [-0.2, 0) is 0 Å². The third-order valence-electron chi connectivity index (χ3n) is 8.54. The Morgan fingerprint density at radius 1 is 0.388 bits per heavy atom. The highest BCUT2D eigenvalue weighted by Gasteiger charge is 2.22. The maximum Gasteiger partial charge on any atom is 0.166 e. The summed E-state index contributed by atoms with van der Waals surface area (Å²) in [7, 11) is 0. The van der Waals surface area contributed by atoms with Crippen molar-refractivity contribution < 1.29 is 11.0 Å². The third kappa shape index (κ3) is 5.16. The van der Waals surface area contributed by atoms with Crippen LogP contribution in [0.15, 0.2) is 182 Å². The second-order valence-electron chi connectivity index (χ2n) is 11.5. The van der Waals surface area contributed by atoms with Gasteiger partial charge in [0.2, 0.25) is 0 Å². The molecule has 9 aromatic rings. The molecule has 0 unspecified atom stereocenters. The van der Waals surface area contributed by atoms with E-state index in [1.165, 1.54) is 4.57 Å². The zero-order valence-electron chi connectivity index (χ0n) is 34.0. The maximum atomic E-state index is 9.22. The molecule has 0 fully saturated rings. The monoisotopic (exact) mass is 634 g/mol. The largest absolute Gasteiger partial charge is 0.308 e. The van der Waals surface area contributed by atoms with Crippen LogP contribution in [0, 0.1) is 0 Å². The molecule has 0 radical (unpaired) electrons. The van der Waals surface area contributed by atoms with Gasteiger partial charge in [-0.25, -0.2) is 15.0 Å². The Kier molecular flexibility index (Phi) is 5.29. The molecule has 9 rings (SSSR count). The van der Waals surface area contributed by atoms with Crippen molar-refractivity contribution in [3.63, 3.8) is 0 Å². The normalized spacial score (nSPS) is 13.6. The van der Waals surface area contributed by atoms with Gasteiger partial charge in [0.05, 0.1) is 33.3 Å². The van der Waals surface area contributed by atoms with Crippen LogP contribution in [0.1, 0.15) is 11.0 Å². The van der Waals surface area contributed by atoms with Crippen LogP contribution >= 0.6 is 0 Å². The molecule has 2 aromatic heterocycles. The molecule has 0 amide bonds. The quantitative estimate of drug-likeness (QED) is 0.183. The summed E-state index contributed by atoms with van der Waals surface area (Å²) >= 11 is 0. The number of fused-ring (bicyclic) bond motifs is 3. The van der Waals surface area contributed by atoms with E-state index in [2.05, 4.69) is 0 Å². The third-order valence-corrected chi connectivity index (χ3v) is 8.54. The maximum absolute atomic E-state index is 9.22. The number of nitrogens with zero attached hydrogens (tertiary/aromatic N) is 4. The second kappa shape index (κ2) is 12.2. The van der Waals surface area contributed by atoms with Gasteiger partial charge in [-0.05, 0) is 40.4 Å². The molecule has 7 aromatic carbocycles. The summed E-state index contributed by atoms with van der Waals surface area (Å²) in [6, 6.07) is 38.9. The van der Waals surface area contributed by atoms with Crippen LogP contribution in [0.3, 0.4) is 0 Å². The van der Waals surface area contributed by atoms with Gasteiger partial charge in [0.15, 0.2) is 17.5 Å². The molecule has 0 atom stereocenters. The van der Waals surface area contributed by atoms with E-state index < -0.39 is 48.3 Å². The molecule has 230 valence electrons. The summed E-state index contributed by atoms with van der Waals surface area (Å²) in [5.74, 6) is 1.04. The van der Waals surface area contributed by atoms with E-state index in [0.717, 1.165) is 27.8 Å². The summed E-state index contributed by atoms with van der Waals surface area (Å²) in [6.45, 7) is 0. The van der Waals surface area contributed by atoms with Crippen molar-refractivity contribution in [2.24, 2.45) is 0 Å². The molecule has 0 N–H and O–H groups in total. The fraction of sp³-hybridized carbons (Fsp3) is 0. The zero-order valence-corrected chi connectivity index (χ0v) is 26.0. The Morgan fingerprint density at radius 2 is 0.837 bits per heavy atom. The van der Waals surface area contributed by atoms with E-state index in [9.17, 15) is 2.74 Å². The zero-order chi connectivity index (χ0) is 39.5. The van der Waals surface area contributed by atoms with Gasteiger partial charge in [-0.2, -0.15) is 0 Å². The van der Waals surface area contributed by atoms with Gasteiger partial charge in [0.1, 0.15) is 0 Å². The average Bonchev–Trinajstić information content (AvgIpc) is 3.63. The molecule has 0 saturated heterocycles. The Labute approximate surface area is 295 Å². The standard InChI is InChI=1S/C45H30N4/c1-4-15-31(16-5-1)32-27-29-33(30-28-32)36-23-14-26-41(49-39-24-12-10-21-37(39)38-22-11-13-25-40(38)49)42(36)45-47-43(34-17-6-2-7-18-34)46-44(48-45)35-19-8-3-9-20-35/h1-30H/i10D,11D,12D,13D,21D,22D,24D,25D. The van der Waals surface area contributed by atoms with E-state index in [1.54, 1.807) is 6.07 Å². The van der Waals surface area contributed by atoms with Gasteiger partial charge in [0, 0.05) is 21.9 Å². The van der Waals surface area contributed by atoms with Crippen LogP contribution in [-0.4, -0.2) is 19.5 Å². The minimum absolute atomic E-state index is 0.00134. The van der Waals surface area contributed by atoms with Gasteiger partial charge in [-0.15, -0.1) is 0 Å². The first-order valence-electron chi connectivity index (χ1n) is 19.8. The fourth-order valence-electron chi connectivity index (χ4n) is 6.26. The Morgan fingerprint density at radius 3 is 1.39 bits per heavy atom. The molecule has 0 spiro atoms. The number of para-hydroxylation sites is 2. The lowest BCUT2D eigenvalue weighted by atomic mass is 9.95. The van der Waals surface area contributed by atoms with Crippen molar-refractivity contribution in [3.8, 4) is 62.1 Å². The lowest BCUT2D eigenvalue weighted by Crippen LogP contribution is -2.05. The minimum Gasteiger partial charge on any atom is -0.308 e. The van der Waals surface area contributed by atoms with Crippen molar-refractivity contribution >= 4 is 21.8 Å². The van der Waals surface area contributed by atoms with E-state index in [4.69, 9.17) is 23.2 Å². The molecule has 0 saturated carbocycles. The minimum atomic E-state index is -0.510. The molecule has 49 heavy (non-hydrogen) atoms. The highest BCUT2D eigenvalue weighted by molar-refractivity contribution is 6.10. The van der Waals surface area contributed by atoms with Crippen LogP contribution in [0.4, 0.5) is 0 Å². The summed E-state index contributed by atoms with van der Waals surface area (Å²) in [5, 5.41) is -0.0330. The lowest BCUT2D eigenvalue weighted by Gasteiger charge is -2.18. The van der Waals surface area contributed by atoms with Gasteiger partial charge in [-0.3, -0.25) is 0 Å². The van der Waals surface area contributed by atoms with E-state index >= 15 is 0 Å². The first kappa shape index (κ1) is 21.3. The average molecular weight is 635 g/mol. The summed E-state index contributed by atoms with van der Waals surface area (Å²) in [5.41, 5.74) is 5.80. The SMILES string of the molecule is [2H]c1c([2H])c([2H])c2c(c1[2H])c1c([2H])c([2H])c([2H])c([2H])c1n2-c1cccc(-c2ccc(-c3ccccc3)cc2)c1-c1nc(-c2ccccc2)nc(-c2ccccc2)n1. The summed E-state index contributed by atoms with van der Waals surface area (Å²) in [6.07, 6.45) is 0. The Bertz CT molecular complexity index is 2890. The summed E-state index contributed by atoms with van der Waals surface area (Å²) < 4.78 is 72.6. The molecular formula is C45H30N4. The van der Waals surface area contributed by atoms with Crippen LogP contribution in [0.5, 0.6) is 0 Å². The van der Waals surface area contributed by atoms with Crippen LogP contribution in [0.2, 0.25) is 0 Å². The molecule has 0 aliphatic heterocycles. The first-order chi connectivity index (χ1) is 27.6. The number of hydrogen-bond donors (Lipinski definition) is 0. The topological polar surface area (TPSA) is 43.6 Å². The van der Waals surface area contributed by atoms with Crippen LogP contribution in [0.25, 0.3) is 83.9 Å². The highest BCUT2D eigenvalue weighted by Crippen LogP contribution is 2.41. The second-order valence-corrected chi connectivity index (χ2v) is 11.5. The Balaban J connectivity index is 1.45. The number of hydrogen-bond acceptors (Lipinski definition) is 3. The molecule has 0 aliphatic rings. The molecule has 4 nitrogen and oxygen atoms in total. The van der Waals surface area contributed by atoms with Gasteiger partial charge < -0.3 is 4.57 Å². The van der Waals surface area contributed by atoms with Crippen molar-refractivity contribution in [2.75, 3.05) is 0 Å². The Hall–Kier alpha value is -6.65. The van der Waals surface area contributed by atoms with E-state index in [-0.39, 0.29) is 27.6 Å². The molecule has 4 heteroatoms. The number of rotatable bonds is 6. The fourth-order valence-corrected chi connectivity index (χ4v) is 6.26. The van der Waals surface area contributed by atoms with Gasteiger partial charge in [-0.1, -0.05) is 164 Å². The summed E-state index contributed by atoms with van der Waals surface area (Å²) in [4.78, 5) is 15.1. The number of aromatic nitrogens is 4.